The molecule has 0 aromatic carbocycles. The summed E-state index contributed by atoms with van der Waals surface area (Å²) in [6.07, 6.45) is -0.0232. The molecule has 14 heavy (non-hydrogen) atoms. The van der Waals surface area contributed by atoms with Gasteiger partial charge in [0.25, 0.3) is 0 Å². The summed E-state index contributed by atoms with van der Waals surface area (Å²) in [6, 6.07) is -0.856. The van der Waals surface area contributed by atoms with E-state index in [4.69, 9.17) is 15.6 Å². The van der Waals surface area contributed by atoms with E-state index in [1.165, 1.54) is 0 Å². The smallest absolute Gasteiger partial charge is 0.323 e. The Morgan fingerprint density at radius 1 is 1.43 bits per heavy atom. The Kier molecular flexibility index (Phi) is 4.56. The summed E-state index contributed by atoms with van der Waals surface area (Å²) in [6.45, 7) is 5.19. The van der Waals surface area contributed by atoms with E-state index in [1.807, 2.05) is 0 Å². The van der Waals surface area contributed by atoms with E-state index in [9.17, 15) is 9.59 Å². The molecule has 0 aliphatic heterocycles. The van der Waals surface area contributed by atoms with Crippen molar-refractivity contribution in [1.29, 1.82) is 0 Å². The lowest BCUT2D eigenvalue weighted by atomic mass is 10.1. The largest absolute Gasteiger partial charge is 0.481 e. The summed E-state index contributed by atoms with van der Waals surface area (Å²) in [5.41, 5.74) is 4.85. The number of nitrogens with two attached hydrogens (primary N) is 1. The van der Waals surface area contributed by atoms with Crippen molar-refractivity contribution >= 4 is 11.9 Å². The second kappa shape index (κ2) is 4.95. The van der Waals surface area contributed by atoms with Gasteiger partial charge in [0.15, 0.2) is 0 Å². The summed E-state index contributed by atoms with van der Waals surface area (Å²) < 4.78 is 4.97. The zero-order valence-corrected chi connectivity index (χ0v) is 8.74. The third kappa shape index (κ3) is 6.42. The van der Waals surface area contributed by atoms with Gasteiger partial charge < -0.3 is 15.6 Å². The molecule has 0 aromatic rings. The van der Waals surface area contributed by atoms with Crippen molar-refractivity contribution in [3.63, 3.8) is 0 Å². The van der Waals surface area contributed by atoms with Crippen molar-refractivity contribution in [3.8, 4) is 0 Å². The highest BCUT2D eigenvalue weighted by atomic mass is 16.6. The van der Waals surface area contributed by atoms with Crippen molar-refractivity contribution in [2.24, 2.45) is 5.73 Å². The number of hydrogen-bond donors (Lipinski definition) is 2. The first-order chi connectivity index (χ1) is 6.22. The molecule has 0 bridgehead atoms. The van der Waals surface area contributed by atoms with Gasteiger partial charge in [-0.05, 0) is 27.2 Å². The SMILES string of the molecule is CC(C)(C)OC(=O)[C@H](N)CCC(=O)O. The lowest BCUT2D eigenvalue weighted by Crippen LogP contribution is -2.37. The van der Waals surface area contributed by atoms with E-state index in [1.54, 1.807) is 20.8 Å². The Morgan fingerprint density at radius 2 is 1.93 bits per heavy atom. The fourth-order valence-electron chi connectivity index (χ4n) is 0.774. The van der Waals surface area contributed by atoms with Crippen LogP contribution in [0.1, 0.15) is 33.6 Å². The molecule has 5 heteroatoms. The minimum Gasteiger partial charge on any atom is -0.481 e. The minimum atomic E-state index is -0.969. The van der Waals surface area contributed by atoms with E-state index in [2.05, 4.69) is 0 Å². The highest BCUT2D eigenvalue weighted by molar-refractivity contribution is 5.77. The summed E-state index contributed by atoms with van der Waals surface area (Å²) >= 11 is 0. The third-order valence-electron chi connectivity index (χ3n) is 1.38. The van der Waals surface area contributed by atoms with Gasteiger partial charge in [-0.3, -0.25) is 9.59 Å². The van der Waals surface area contributed by atoms with Gasteiger partial charge >= 0.3 is 11.9 Å². The van der Waals surface area contributed by atoms with E-state index >= 15 is 0 Å². The molecule has 0 aliphatic rings. The van der Waals surface area contributed by atoms with Crippen molar-refractivity contribution in [2.75, 3.05) is 0 Å². The van der Waals surface area contributed by atoms with Crippen LogP contribution < -0.4 is 5.73 Å². The Labute approximate surface area is 83.2 Å². The van der Waals surface area contributed by atoms with Crippen molar-refractivity contribution in [3.05, 3.63) is 0 Å². The number of ether oxygens (including phenoxy) is 1. The van der Waals surface area contributed by atoms with Gasteiger partial charge in [0, 0.05) is 6.42 Å². The van der Waals surface area contributed by atoms with Crippen molar-refractivity contribution in [2.45, 2.75) is 45.3 Å². The molecule has 0 aliphatic carbocycles. The van der Waals surface area contributed by atoms with Gasteiger partial charge in [-0.2, -0.15) is 0 Å². The molecular formula is C9H17NO4. The second-order valence-corrected chi connectivity index (χ2v) is 4.07. The lowest BCUT2D eigenvalue weighted by Gasteiger charge is -2.21. The third-order valence-corrected chi connectivity index (χ3v) is 1.38. The number of carboxylic acid groups (broad SMARTS) is 1. The molecule has 0 spiro atoms. The normalized spacial score (nSPS) is 13.4. The summed E-state index contributed by atoms with van der Waals surface area (Å²) in [5.74, 6) is -1.53. The van der Waals surface area contributed by atoms with Crippen molar-refractivity contribution in [1.82, 2.24) is 0 Å². The Bertz CT molecular complexity index is 219. The topological polar surface area (TPSA) is 89.6 Å². The van der Waals surface area contributed by atoms with Crippen LogP contribution in [0.5, 0.6) is 0 Å². The van der Waals surface area contributed by atoms with Crippen LogP contribution in [0.15, 0.2) is 0 Å². The number of aliphatic carboxylic acids is 1. The molecule has 3 N–H and O–H groups in total. The minimum absolute atomic E-state index is 0.101. The predicted octanol–water partition coefficient (Wildman–Crippen LogP) is 0.520. The number of carbonyl (C=O) groups excluding carboxylic acids is 1. The number of hydrogen-bond acceptors (Lipinski definition) is 4. The van der Waals surface area contributed by atoms with Gasteiger partial charge in [-0.1, -0.05) is 0 Å². The van der Waals surface area contributed by atoms with Gasteiger partial charge in [0.1, 0.15) is 11.6 Å². The Balaban J connectivity index is 3.94. The second-order valence-electron chi connectivity index (χ2n) is 4.07. The maximum atomic E-state index is 11.2. The molecule has 0 rings (SSSR count). The van der Waals surface area contributed by atoms with E-state index in [0.717, 1.165) is 0 Å². The first-order valence-electron chi connectivity index (χ1n) is 4.42. The van der Waals surface area contributed by atoms with Gasteiger partial charge in [0.2, 0.25) is 0 Å². The van der Waals surface area contributed by atoms with Crippen LogP contribution in [-0.2, 0) is 14.3 Å². The Morgan fingerprint density at radius 3 is 2.29 bits per heavy atom. The molecule has 0 heterocycles. The number of carboxylic acids is 1. The van der Waals surface area contributed by atoms with E-state index in [-0.39, 0.29) is 12.8 Å². The monoisotopic (exact) mass is 203 g/mol. The molecule has 0 unspecified atom stereocenters. The fraction of sp³-hybridized carbons (Fsp3) is 0.778. The molecule has 0 saturated heterocycles. The average Bonchev–Trinajstić information content (AvgIpc) is 1.96. The average molecular weight is 203 g/mol. The first-order valence-corrected chi connectivity index (χ1v) is 4.42. The number of carbonyl (C=O) groups is 2. The quantitative estimate of drug-likeness (QED) is 0.650. The van der Waals surface area contributed by atoms with Crippen molar-refractivity contribution < 1.29 is 19.4 Å². The maximum Gasteiger partial charge on any atom is 0.323 e. The van der Waals surface area contributed by atoms with Crippen LogP contribution in [0.3, 0.4) is 0 Å². The summed E-state index contributed by atoms with van der Waals surface area (Å²) in [5, 5.41) is 8.37. The molecule has 1 atom stereocenters. The fourth-order valence-corrected chi connectivity index (χ4v) is 0.774. The molecule has 0 aromatic heterocycles. The Hall–Kier alpha value is -1.10. The standard InChI is InChI=1S/C9H17NO4/c1-9(2,3)14-8(13)6(10)4-5-7(11)12/h6H,4-5,10H2,1-3H3,(H,11,12)/t6-/m1/s1. The molecule has 0 radical (unpaired) electrons. The van der Waals surface area contributed by atoms with Gasteiger partial charge in [0.05, 0.1) is 0 Å². The molecule has 0 amide bonds. The maximum absolute atomic E-state index is 11.2. The van der Waals surface area contributed by atoms with Crippen LogP contribution in [0.2, 0.25) is 0 Å². The van der Waals surface area contributed by atoms with Gasteiger partial charge in [-0.15, -0.1) is 0 Å². The molecule has 0 fully saturated rings. The number of rotatable bonds is 4. The van der Waals surface area contributed by atoms with Crippen LogP contribution in [0.25, 0.3) is 0 Å². The van der Waals surface area contributed by atoms with E-state index < -0.39 is 23.6 Å². The van der Waals surface area contributed by atoms with Crippen LogP contribution in [-0.4, -0.2) is 28.7 Å². The molecule has 82 valence electrons. The molecular weight excluding hydrogens is 186 g/mol. The molecule has 0 saturated carbocycles. The zero-order valence-electron chi connectivity index (χ0n) is 8.74. The predicted molar refractivity (Wildman–Crippen MR) is 50.7 cm³/mol. The van der Waals surface area contributed by atoms with Crippen LogP contribution in [0.4, 0.5) is 0 Å². The summed E-state index contributed by atoms with van der Waals surface area (Å²) in [4.78, 5) is 21.4. The first kappa shape index (κ1) is 12.9. The zero-order chi connectivity index (χ0) is 11.4. The molecule has 5 nitrogen and oxygen atoms in total. The van der Waals surface area contributed by atoms with Crippen LogP contribution >= 0.6 is 0 Å². The van der Waals surface area contributed by atoms with Gasteiger partial charge in [-0.25, -0.2) is 0 Å². The summed E-state index contributed by atoms with van der Waals surface area (Å²) in [7, 11) is 0. The lowest BCUT2D eigenvalue weighted by molar-refractivity contribution is -0.156. The van der Waals surface area contributed by atoms with Crippen LogP contribution in [0, 0.1) is 0 Å². The highest BCUT2D eigenvalue weighted by Gasteiger charge is 2.22. The highest BCUT2D eigenvalue weighted by Crippen LogP contribution is 2.09. The van der Waals surface area contributed by atoms with E-state index in [0.29, 0.717) is 0 Å². The number of esters is 1.